The smallest absolute Gasteiger partial charge is 0.256 e. The standard InChI is InChI=1S/C13H12BrNO2S/c1-7-3-10(14)12(16)11(4-7)15-13(17)9-5-8(2)18-6-9/h3-6,16H,1-2H3,(H,15,17). The molecule has 0 aliphatic rings. The lowest BCUT2D eigenvalue weighted by Crippen LogP contribution is -2.11. The normalized spacial score (nSPS) is 10.4. The number of aromatic hydroxyl groups is 1. The largest absolute Gasteiger partial charge is 0.505 e. The van der Waals surface area contributed by atoms with E-state index in [0.717, 1.165) is 10.4 Å². The van der Waals surface area contributed by atoms with Crippen LogP contribution in [0.15, 0.2) is 28.1 Å². The number of benzene rings is 1. The summed E-state index contributed by atoms with van der Waals surface area (Å²) in [5.41, 5.74) is 1.97. The monoisotopic (exact) mass is 325 g/mol. The topological polar surface area (TPSA) is 49.3 Å². The van der Waals surface area contributed by atoms with E-state index in [2.05, 4.69) is 21.2 Å². The van der Waals surface area contributed by atoms with Gasteiger partial charge in [0, 0.05) is 10.3 Å². The lowest BCUT2D eigenvalue weighted by molar-refractivity contribution is 0.102. The Hall–Kier alpha value is -1.33. The summed E-state index contributed by atoms with van der Waals surface area (Å²) in [6.45, 7) is 3.84. The van der Waals surface area contributed by atoms with Gasteiger partial charge in [-0.3, -0.25) is 4.79 Å². The molecule has 18 heavy (non-hydrogen) atoms. The molecule has 1 amide bonds. The summed E-state index contributed by atoms with van der Waals surface area (Å²) in [6.07, 6.45) is 0. The molecule has 1 aromatic heterocycles. The Labute approximate surface area is 118 Å². The van der Waals surface area contributed by atoms with Gasteiger partial charge in [-0.1, -0.05) is 0 Å². The Bertz CT molecular complexity index is 607. The number of halogens is 1. The molecule has 0 radical (unpaired) electrons. The maximum atomic E-state index is 12.0. The minimum absolute atomic E-state index is 0.0425. The van der Waals surface area contributed by atoms with Crippen LogP contribution < -0.4 is 5.32 Å². The van der Waals surface area contributed by atoms with E-state index >= 15 is 0 Å². The number of nitrogens with one attached hydrogen (secondary N) is 1. The lowest BCUT2D eigenvalue weighted by atomic mass is 10.2. The molecule has 0 saturated heterocycles. The number of rotatable bonds is 2. The van der Waals surface area contributed by atoms with E-state index < -0.39 is 0 Å². The SMILES string of the molecule is Cc1cc(Br)c(O)c(NC(=O)c2csc(C)c2)c1. The number of anilines is 1. The first-order valence-corrected chi connectivity index (χ1v) is 7.00. The third-order valence-corrected chi connectivity index (χ3v) is 3.91. The van der Waals surface area contributed by atoms with Crippen LogP contribution in [0.25, 0.3) is 0 Å². The summed E-state index contributed by atoms with van der Waals surface area (Å²) in [6, 6.07) is 5.35. The molecule has 0 aliphatic carbocycles. The summed E-state index contributed by atoms with van der Waals surface area (Å²) >= 11 is 4.77. The first-order chi connectivity index (χ1) is 8.47. The molecule has 1 aromatic carbocycles. The lowest BCUT2D eigenvalue weighted by Gasteiger charge is -2.09. The van der Waals surface area contributed by atoms with Crippen molar-refractivity contribution in [2.24, 2.45) is 0 Å². The average molecular weight is 326 g/mol. The van der Waals surface area contributed by atoms with Gasteiger partial charge in [-0.05, 0) is 53.5 Å². The van der Waals surface area contributed by atoms with Gasteiger partial charge >= 0.3 is 0 Å². The number of carbonyl (C=O) groups excluding carboxylic acids is 1. The summed E-state index contributed by atoms with van der Waals surface area (Å²) in [5, 5.41) is 14.4. The van der Waals surface area contributed by atoms with Crippen molar-refractivity contribution in [2.45, 2.75) is 13.8 Å². The Morgan fingerprint density at radius 1 is 1.33 bits per heavy atom. The van der Waals surface area contributed by atoms with Gasteiger partial charge in [-0.2, -0.15) is 0 Å². The fourth-order valence-corrected chi connectivity index (χ4v) is 2.84. The minimum atomic E-state index is -0.216. The zero-order valence-corrected chi connectivity index (χ0v) is 12.4. The fourth-order valence-electron chi connectivity index (χ4n) is 1.59. The molecule has 94 valence electrons. The van der Waals surface area contributed by atoms with Gasteiger partial charge in [0.2, 0.25) is 0 Å². The Morgan fingerprint density at radius 3 is 2.67 bits per heavy atom. The predicted molar refractivity (Wildman–Crippen MR) is 77.6 cm³/mol. The van der Waals surface area contributed by atoms with E-state index in [1.165, 1.54) is 11.3 Å². The van der Waals surface area contributed by atoms with Crippen molar-refractivity contribution in [3.8, 4) is 5.75 Å². The highest BCUT2D eigenvalue weighted by molar-refractivity contribution is 9.10. The van der Waals surface area contributed by atoms with Crippen LogP contribution in [0.4, 0.5) is 5.69 Å². The van der Waals surface area contributed by atoms with Crippen molar-refractivity contribution < 1.29 is 9.90 Å². The number of phenolic OH excluding ortho intramolecular Hbond substituents is 1. The summed E-state index contributed by atoms with van der Waals surface area (Å²) in [5.74, 6) is -0.173. The summed E-state index contributed by atoms with van der Waals surface area (Å²) in [4.78, 5) is 13.0. The zero-order valence-electron chi connectivity index (χ0n) is 9.95. The maximum Gasteiger partial charge on any atom is 0.256 e. The summed E-state index contributed by atoms with van der Waals surface area (Å²) in [7, 11) is 0. The van der Waals surface area contributed by atoms with Crippen LogP contribution in [0, 0.1) is 13.8 Å². The molecule has 0 aliphatic heterocycles. The van der Waals surface area contributed by atoms with Crippen LogP contribution >= 0.6 is 27.3 Å². The van der Waals surface area contributed by atoms with Gasteiger partial charge < -0.3 is 10.4 Å². The quantitative estimate of drug-likeness (QED) is 0.817. The molecule has 0 atom stereocenters. The van der Waals surface area contributed by atoms with Crippen LogP contribution in [0.3, 0.4) is 0 Å². The van der Waals surface area contributed by atoms with Crippen molar-refractivity contribution in [3.05, 3.63) is 44.1 Å². The molecule has 1 heterocycles. The van der Waals surface area contributed by atoms with Crippen LogP contribution in [0.5, 0.6) is 5.75 Å². The molecule has 0 saturated carbocycles. The molecule has 0 unspecified atom stereocenters. The number of carbonyl (C=O) groups is 1. The highest BCUT2D eigenvalue weighted by Crippen LogP contribution is 2.33. The molecule has 0 spiro atoms. The van der Waals surface area contributed by atoms with Crippen LogP contribution in [0.1, 0.15) is 20.8 Å². The number of hydrogen-bond acceptors (Lipinski definition) is 3. The zero-order chi connectivity index (χ0) is 13.3. The van der Waals surface area contributed by atoms with Gasteiger partial charge in [0.05, 0.1) is 15.7 Å². The second kappa shape index (κ2) is 5.12. The van der Waals surface area contributed by atoms with E-state index in [1.54, 1.807) is 17.5 Å². The van der Waals surface area contributed by atoms with E-state index in [9.17, 15) is 9.90 Å². The van der Waals surface area contributed by atoms with Gasteiger partial charge in [0.25, 0.3) is 5.91 Å². The van der Waals surface area contributed by atoms with Gasteiger partial charge in [0.15, 0.2) is 5.75 Å². The second-order valence-electron chi connectivity index (χ2n) is 4.04. The van der Waals surface area contributed by atoms with Crippen LogP contribution in [-0.4, -0.2) is 11.0 Å². The summed E-state index contributed by atoms with van der Waals surface area (Å²) < 4.78 is 0.569. The molecule has 2 rings (SSSR count). The van der Waals surface area contributed by atoms with Gasteiger partial charge in [0.1, 0.15) is 0 Å². The van der Waals surface area contributed by atoms with Crippen molar-refractivity contribution in [1.82, 2.24) is 0 Å². The third kappa shape index (κ3) is 2.73. The molecule has 2 aromatic rings. The highest BCUT2D eigenvalue weighted by atomic mass is 79.9. The van der Waals surface area contributed by atoms with Crippen molar-refractivity contribution in [3.63, 3.8) is 0 Å². The Balaban J connectivity index is 2.27. The van der Waals surface area contributed by atoms with E-state index in [0.29, 0.717) is 15.7 Å². The Kier molecular flexibility index (Phi) is 3.73. The van der Waals surface area contributed by atoms with Crippen molar-refractivity contribution in [1.29, 1.82) is 0 Å². The molecule has 5 heteroatoms. The predicted octanol–water partition coefficient (Wildman–Crippen LogP) is 4.09. The number of aryl methyl sites for hydroxylation is 2. The van der Waals surface area contributed by atoms with Crippen molar-refractivity contribution in [2.75, 3.05) is 5.32 Å². The average Bonchev–Trinajstić information content (AvgIpc) is 2.72. The third-order valence-electron chi connectivity index (χ3n) is 2.45. The maximum absolute atomic E-state index is 12.0. The highest BCUT2D eigenvalue weighted by Gasteiger charge is 2.12. The fraction of sp³-hybridized carbons (Fsp3) is 0.154. The molecular formula is C13H12BrNO2S. The number of hydrogen-bond donors (Lipinski definition) is 2. The molecule has 2 N–H and O–H groups in total. The minimum Gasteiger partial charge on any atom is -0.505 e. The van der Waals surface area contributed by atoms with Gasteiger partial charge in [-0.25, -0.2) is 0 Å². The van der Waals surface area contributed by atoms with Crippen molar-refractivity contribution >= 4 is 38.9 Å². The van der Waals surface area contributed by atoms with E-state index in [4.69, 9.17) is 0 Å². The van der Waals surface area contributed by atoms with E-state index in [-0.39, 0.29) is 11.7 Å². The number of amides is 1. The molecule has 3 nitrogen and oxygen atoms in total. The first-order valence-electron chi connectivity index (χ1n) is 5.33. The van der Waals surface area contributed by atoms with Gasteiger partial charge in [-0.15, -0.1) is 11.3 Å². The number of phenols is 1. The second-order valence-corrected chi connectivity index (χ2v) is 6.01. The van der Waals surface area contributed by atoms with E-state index in [1.807, 2.05) is 19.9 Å². The molecule has 0 fully saturated rings. The number of thiophene rings is 1. The molecular weight excluding hydrogens is 314 g/mol. The molecule has 0 bridgehead atoms. The van der Waals surface area contributed by atoms with Crippen LogP contribution in [-0.2, 0) is 0 Å². The Morgan fingerprint density at radius 2 is 2.06 bits per heavy atom. The van der Waals surface area contributed by atoms with Crippen LogP contribution in [0.2, 0.25) is 0 Å². The first kappa shape index (κ1) is 13.1.